The van der Waals surface area contributed by atoms with Crippen LogP contribution in [-0.2, 0) is 4.79 Å². The van der Waals surface area contributed by atoms with Crippen LogP contribution in [0.5, 0.6) is 0 Å². The van der Waals surface area contributed by atoms with Crippen molar-refractivity contribution < 1.29 is 14.0 Å². The van der Waals surface area contributed by atoms with Crippen LogP contribution in [0.3, 0.4) is 0 Å². The highest BCUT2D eigenvalue weighted by atomic mass is 19.1. The highest BCUT2D eigenvalue weighted by Gasteiger charge is 2.25. The average Bonchev–Trinajstić information content (AvgIpc) is 2.64. The van der Waals surface area contributed by atoms with Crippen LogP contribution in [0, 0.1) is 12.7 Å². The van der Waals surface area contributed by atoms with E-state index in [1.807, 2.05) is 18.2 Å². The van der Waals surface area contributed by atoms with E-state index < -0.39 is 17.5 Å². The fourth-order valence-electron chi connectivity index (χ4n) is 3.01. The minimum absolute atomic E-state index is 0.0646. The van der Waals surface area contributed by atoms with Gasteiger partial charge in [-0.3, -0.25) is 9.59 Å². The van der Waals surface area contributed by atoms with Crippen molar-refractivity contribution in [1.82, 2.24) is 10.3 Å². The number of nitrogens with one attached hydrogen (secondary N) is 1. The van der Waals surface area contributed by atoms with E-state index in [9.17, 15) is 14.0 Å². The van der Waals surface area contributed by atoms with Crippen LogP contribution in [0.4, 0.5) is 10.2 Å². The Morgan fingerprint density at radius 3 is 2.64 bits per heavy atom. The van der Waals surface area contributed by atoms with E-state index in [4.69, 9.17) is 0 Å². The van der Waals surface area contributed by atoms with Crippen LogP contribution in [0.2, 0.25) is 0 Å². The Labute approximate surface area is 145 Å². The van der Waals surface area contributed by atoms with Gasteiger partial charge >= 0.3 is 0 Å². The summed E-state index contributed by atoms with van der Waals surface area (Å²) in [6, 6.07) is 9.59. The van der Waals surface area contributed by atoms with Gasteiger partial charge in [0.2, 0.25) is 0 Å². The molecule has 1 aromatic heterocycles. The van der Waals surface area contributed by atoms with E-state index in [2.05, 4.69) is 15.2 Å². The summed E-state index contributed by atoms with van der Waals surface area (Å²) in [6.07, 6.45) is 3.22. The Morgan fingerprint density at radius 1 is 1.20 bits per heavy atom. The monoisotopic (exact) mass is 341 g/mol. The summed E-state index contributed by atoms with van der Waals surface area (Å²) in [5.41, 5.74) is 0.704. The Balaban J connectivity index is 1.57. The molecule has 1 N–H and O–H groups in total. The molecule has 0 radical (unpaired) electrons. The van der Waals surface area contributed by atoms with Crippen molar-refractivity contribution in [2.45, 2.75) is 25.8 Å². The fraction of sp³-hybridized carbons (Fsp3) is 0.316. The molecule has 1 fully saturated rings. The molecule has 130 valence electrons. The lowest BCUT2D eigenvalue weighted by molar-refractivity contribution is -0.117. The van der Waals surface area contributed by atoms with Crippen molar-refractivity contribution in [3.05, 3.63) is 59.5 Å². The molecule has 6 heteroatoms. The Morgan fingerprint density at radius 2 is 1.96 bits per heavy atom. The molecule has 1 saturated heterocycles. The highest BCUT2D eigenvalue weighted by molar-refractivity contribution is 6.43. The summed E-state index contributed by atoms with van der Waals surface area (Å²) < 4.78 is 13.3. The normalized spacial score (nSPS) is 15.0. The number of hydrogen-bond donors (Lipinski definition) is 1. The lowest BCUT2D eigenvalue weighted by atomic mass is 10.0. The molecule has 1 amide bonds. The third kappa shape index (κ3) is 4.02. The van der Waals surface area contributed by atoms with Crippen LogP contribution in [-0.4, -0.2) is 35.8 Å². The summed E-state index contributed by atoms with van der Waals surface area (Å²) in [5.74, 6) is -0.974. The van der Waals surface area contributed by atoms with Crippen molar-refractivity contribution in [2.24, 2.45) is 0 Å². The second-order valence-electron chi connectivity index (χ2n) is 6.21. The molecule has 5 nitrogen and oxygen atoms in total. The summed E-state index contributed by atoms with van der Waals surface area (Å²) >= 11 is 0. The number of piperidine rings is 1. The first-order valence-corrected chi connectivity index (χ1v) is 8.32. The molecule has 2 aromatic rings. The first kappa shape index (κ1) is 17.1. The van der Waals surface area contributed by atoms with Gasteiger partial charge in [0, 0.05) is 30.9 Å². The van der Waals surface area contributed by atoms with Crippen LogP contribution >= 0.6 is 0 Å². The molecular weight excluding hydrogens is 321 g/mol. The second-order valence-corrected chi connectivity index (χ2v) is 6.21. The van der Waals surface area contributed by atoms with Gasteiger partial charge in [0.1, 0.15) is 11.6 Å². The van der Waals surface area contributed by atoms with Gasteiger partial charge in [-0.05, 0) is 49.6 Å². The number of nitrogens with zero attached hydrogens (tertiary/aromatic N) is 2. The lowest BCUT2D eigenvalue weighted by Gasteiger charge is -2.33. The molecule has 0 saturated carbocycles. The number of benzene rings is 1. The van der Waals surface area contributed by atoms with E-state index in [-0.39, 0.29) is 11.6 Å². The minimum atomic E-state index is -0.691. The Kier molecular flexibility index (Phi) is 5.07. The van der Waals surface area contributed by atoms with Crippen molar-refractivity contribution in [3.8, 4) is 0 Å². The largest absolute Gasteiger partial charge is 0.356 e. The Bertz CT molecular complexity index is 771. The zero-order valence-corrected chi connectivity index (χ0v) is 14.0. The van der Waals surface area contributed by atoms with E-state index in [1.165, 1.54) is 12.1 Å². The van der Waals surface area contributed by atoms with Gasteiger partial charge in [0.15, 0.2) is 0 Å². The number of halogens is 1. The maximum atomic E-state index is 13.3. The van der Waals surface area contributed by atoms with Gasteiger partial charge in [0.25, 0.3) is 11.7 Å². The summed E-state index contributed by atoms with van der Waals surface area (Å²) in [5, 5.41) is 2.78. The van der Waals surface area contributed by atoms with Crippen LogP contribution in [0.15, 0.2) is 42.6 Å². The number of carbonyl (C=O) groups is 2. The molecule has 0 spiro atoms. The van der Waals surface area contributed by atoms with Gasteiger partial charge in [-0.2, -0.15) is 0 Å². The van der Waals surface area contributed by atoms with Gasteiger partial charge in [-0.25, -0.2) is 9.37 Å². The lowest BCUT2D eigenvalue weighted by Crippen LogP contribution is -2.46. The fourth-order valence-corrected chi connectivity index (χ4v) is 3.01. The average molecular weight is 341 g/mol. The molecule has 1 aliphatic rings. The first-order chi connectivity index (χ1) is 12.0. The maximum absolute atomic E-state index is 13.3. The maximum Gasteiger partial charge on any atom is 0.292 e. The van der Waals surface area contributed by atoms with Gasteiger partial charge in [-0.15, -0.1) is 0 Å². The molecule has 1 aliphatic heterocycles. The molecule has 3 rings (SSSR count). The smallest absolute Gasteiger partial charge is 0.292 e. The summed E-state index contributed by atoms with van der Waals surface area (Å²) in [4.78, 5) is 31.0. The molecule has 25 heavy (non-hydrogen) atoms. The van der Waals surface area contributed by atoms with E-state index >= 15 is 0 Å². The molecule has 2 heterocycles. The quantitative estimate of drug-likeness (QED) is 0.686. The Hall–Kier alpha value is -2.76. The number of aryl methyl sites for hydroxylation is 1. The predicted molar refractivity (Wildman–Crippen MR) is 93.1 cm³/mol. The molecule has 0 aliphatic carbocycles. The number of anilines is 1. The zero-order valence-electron chi connectivity index (χ0n) is 14.0. The molecule has 1 aromatic carbocycles. The predicted octanol–water partition coefficient (Wildman–Crippen LogP) is 2.50. The van der Waals surface area contributed by atoms with E-state index in [0.717, 1.165) is 37.8 Å². The molecular formula is C19H20FN3O2. The zero-order chi connectivity index (χ0) is 17.8. The molecule has 0 bridgehead atoms. The van der Waals surface area contributed by atoms with Crippen molar-refractivity contribution in [3.63, 3.8) is 0 Å². The minimum Gasteiger partial charge on any atom is -0.356 e. The van der Waals surface area contributed by atoms with E-state index in [0.29, 0.717) is 5.56 Å². The van der Waals surface area contributed by atoms with Crippen LogP contribution in [0.1, 0.15) is 28.8 Å². The summed E-state index contributed by atoms with van der Waals surface area (Å²) in [7, 11) is 0. The number of aromatic nitrogens is 1. The van der Waals surface area contributed by atoms with Crippen LogP contribution < -0.4 is 10.2 Å². The van der Waals surface area contributed by atoms with Crippen molar-refractivity contribution >= 4 is 17.5 Å². The highest BCUT2D eigenvalue weighted by Crippen LogP contribution is 2.18. The van der Waals surface area contributed by atoms with E-state index in [1.54, 1.807) is 13.1 Å². The third-order valence-electron chi connectivity index (χ3n) is 4.45. The number of pyridine rings is 1. The van der Waals surface area contributed by atoms with Gasteiger partial charge in [-0.1, -0.05) is 12.1 Å². The SMILES string of the molecule is Cc1ccc(F)cc1C(=O)C(=O)NC1CCN(c2ccccn2)CC1. The number of carbonyl (C=O) groups excluding carboxylic acids is 2. The standard InChI is InChI=1S/C19H20FN3O2/c1-13-5-6-14(20)12-16(13)18(24)19(25)22-15-7-10-23(11-8-15)17-4-2-3-9-21-17/h2-6,9,12,15H,7-8,10-11H2,1H3,(H,22,25). The van der Waals surface area contributed by atoms with Crippen LogP contribution in [0.25, 0.3) is 0 Å². The topological polar surface area (TPSA) is 62.3 Å². The number of amides is 1. The van der Waals surface area contributed by atoms with Crippen molar-refractivity contribution in [2.75, 3.05) is 18.0 Å². The number of ketones is 1. The van der Waals surface area contributed by atoms with Gasteiger partial charge < -0.3 is 10.2 Å². The summed E-state index contributed by atoms with van der Waals surface area (Å²) in [6.45, 7) is 3.20. The number of hydrogen-bond acceptors (Lipinski definition) is 4. The number of Topliss-reactive ketones (excluding diaryl/α,β-unsaturated/α-hetero) is 1. The second kappa shape index (κ2) is 7.42. The number of rotatable bonds is 4. The van der Waals surface area contributed by atoms with Crippen molar-refractivity contribution in [1.29, 1.82) is 0 Å². The van der Waals surface area contributed by atoms with Gasteiger partial charge in [0.05, 0.1) is 0 Å². The molecule has 0 atom stereocenters. The molecule has 0 unspecified atom stereocenters. The third-order valence-corrected chi connectivity index (χ3v) is 4.45. The first-order valence-electron chi connectivity index (χ1n) is 8.32.